The quantitative estimate of drug-likeness (QED) is 0.861. The predicted octanol–water partition coefficient (Wildman–Crippen LogP) is 2.73. The average molecular weight is 337 g/mol. The highest BCUT2D eigenvalue weighted by molar-refractivity contribution is 7.91. The summed E-state index contributed by atoms with van der Waals surface area (Å²) in [6.07, 6.45) is 3.48. The molecule has 118 valence electrons. The second-order valence-electron chi connectivity index (χ2n) is 5.55. The number of pyridine rings is 1. The van der Waals surface area contributed by atoms with E-state index in [4.69, 9.17) is 0 Å². The summed E-state index contributed by atoms with van der Waals surface area (Å²) in [5, 5.41) is 1.80. The molecule has 1 atom stereocenters. The third kappa shape index (κ3) is 2.76. The molecule has 22 heavy (non-hydrogen) atoms. The van der Waals surface area contributed by atoms with Gasteiger partial charge in [-0.3, -0.25) is 0 Å². The minimum absolute atomic E-state index is 0.103. The minimum atomic E-state index is -3.41. The Bertz CT molecular complexity index is 742. The van der Waals surface area contributed by atoms with Gasteiger partial charge in [0.1, 0.15) is 10.0 Å². The van der Waals surface area contributed by atoms with Crippen LogP contribution in [-0.4, -0.2) is 38.3 Å². The molecule has 1 saturated heterocycles. The van der Waals surface area contributed by atoms with E-state index >= 15 is 0 Å². The van der Waals surface area contributed by atoms with Gasteiger partial charge in [0.05, 0.1) is 6.04 Å². The van der Waals surface area contributed by atoms with Crippen LogP contribution in [0.4, 0.5) is 5.82 Å². The summed E-state index contributed by atoms with van der Waals surface area (Å²) >= 11 is 1.27. The number of sulfonamides is 1. The third-order valence-electron chi connectivity index (χ3n) is 3.87. The first-order valence-electron chi connectivity index (χ1n) is 7.19. The van der Waals surface area contributed by atoms with Crippen molar-refractivity contribution in [1.82, 2.24) is 9.29 Å². The lowest BCUT2D eigenvalue weighted by atomic mass is 10.1. The van der Waals surface area contributed by atoms with Crippen LogP contribution in [0.5, 0.6) is 0 Å². The van der Waals surface area contributed by atoms with Crippen LogP contribution >= 0.6 is 11.3 Å². The first-order chi connectivity index (χ1) is 10.5. The molecular formula is C15H19N3O2S2. The van der Waals surface area contributed by atoms with Crippen LogP contribution in [0, 0.1) is 0 Å². The molecule has 2 aromatic rings. The van der Waals surface area contributed by atoms with Gasteiger partial charge in [-0.15, -0.1) is 11.3 Å². The van der Waals surface area contributed by atoms with Crippen molar-refractivity contribution < 1.29 is 8.42 Å². The molecule has 5 nitrogen and oxygen atoms in total. The van der Waals surface area contributed by atoms with Gasteiger partial charge in [0, 0.05) is 26.8 Å². The lowest BCUT2D eigenvalue weighted by Crippen LogP contribution is -2.30. The Morgan fingerprint density at radius 3 is 2.86 bits per heavy atom. The first-order valence-corrected chi connectivity index (χ1v) is 9.51. The molecule has 3 heterocycles. The molecule has 1 fully saturated rings. The highest BCUT2D eigenvalue weighted by Crippen LogP contribution is 2.37. The average Bonchev–Trinajstić information content (AvgIpc) is 3.19. The van der Waals surface area contributed by atoms with Crippen molar-refractivity contribution in [1.29, 1.82) is 0 Å². The fourth-order valence-corrected chi connectivity index (χ4v) is 5.57. The standard InChI is InChI=1S/C15H19N3O2S2/c1-17(2)14-11-12(7-8-16-14)13-5-3-9-18(13)22(19,20)15-6-4-10-21-15/h4,6-8,10-11,13H,3,5,9H2,1-2H3/t13-/m0/s1. The summed E-state index contributed by atoms with van der Waals surface area (Å²) in [4.78, 5) is 6.23. The summed E-state index contributed by atoms with van der Waals surface area (Å²) in [5.41, 5.74) is 1.01. The van der Waals surface area contributed by atoms with Gasteiger partial charge in [0.2, 0.25) is 0 Å². The van der Waals surface area contributed by atoms with E-state index in [9.17, 15) is 8.42 Å². The highest BCUT2D eigenvalue weighted by atomic mass is 32.2. The molecule has 0 radical (unpaired) electrons. The summed E-state index contributed by atoms with van der Waals surface area (Å²) in [5.74, 6) is 0.845. The summed E-state index contributed by atoms with van der Waals surface area (Å²) in [6, 6.07) is 7.24. The van der Waals surface area contributed by atoms with Gasteiger partial charge in [0.15, 0.2) is 0 Å². The molecule has 0 amide bonds. The van der Waals surface area contributed by atoms with Crippen molar-refractivity contribution in [3.8, 4) is 0 Å². The summed E-state index contributed by atoms with van der Waals surface area (Å²) in [6.45, 7) is 0.574. The Hall–Kier alpha value is -1.44. The van der Waals surface area contributed by atoms with Crippen molar-refractivity contribution in [2.45, 2.75) is 23.1 Å². The van der Waals surface area contributed by atoms with Crippen LogP contribution in [0.1, 0.15) is 24.4 Å². The number of rotatable bonds is 4. The lowest BCUT2D eigenvalue weighted by Gasteiger charge is -2.24. The number of nitrogens with zero attached hydrogens (tertiary/aromatic N) is 3. The SMILES string of the molecule is CN(C)c1cc([C@@H]2CCCN2S(=O)(=O)c2cccs2)ccn1. The van der Waals surface area contributed by atoms with E-state index < -0.39 is 10.0 Å². The van der Waals surface area contributed by atoms with Crippen molar-refractivity contribution in [3.63, 3.8) is 0 Å². The van der Waals surface area contributed by atoms with Gasteiger partial charge < -0.3 is 4.90 Å². The maximum atomic E-state index is 12.8. The van der Waals surface area contributed by atoms with E-state index in [1.807, 2.05) is 31.1 Å². The molecule has 0 bridgehead atoms. The van der Waals surface area contributed by atoms with Crippen molar-refractivity contribution in [2.75, 3.05) is 25.5 Å². The van der Waals surface area contributed by atoms with Gasteiger partial charge in [-0.2, -0.15) is 4.31 Å². The van der Waals surface area contributed by atoms with Gasteiger partial charge in [0.25, 0.3) is 10.0 Å². The monoisotopic (exact) mass is 337 g/mol. The van der Waals surface area contributed by atoms with E-state index in [2.05, 4.69) is 4.98 Å². The van der Waals surface area contributed by atoms with E-state index in [0.29, 0.717) is 10.8 Å². The maximum Gasteiger partial charge on any atom is 0.253 e. The summed E-state index contributed by atoms with van der Waals surface area (Å²) in [7, 11) is 0.455. The Morgan fingerprint density at radius 1 is 1.36 bits per heavy atom. The Morgan fingerprint density at radius 2 is 2.18 bits per heavy atom. The lowest BCUT2D eigenvalue weighted by molar-refractivity contribution is 0.397. The molecule has 3 rings (SSSR count). The van der Waals surface area contributed by atoms with Crippen LogP contribution in [-0.2, 0) is 10.0 Å². The largest absolute Gasteiger partial charge is 0.363 e. The summed E-state index contributed by atoms with van der Waals surface area (Å²) < 4.78 is 27.7. The topological polar surface area (TPSA) is 53.5 Å². The Labute approximate surface area is 135 Å². The van der Waals surface area contributed by atoms with Gasteiger partial charge in [-0.1, -0.05) is 6.07 Å². The molecule has 0 spiro atoms. The molecular weight excluding hydrogens is 318 g/mol. The zero-order chi connectivity index (χ0) is 15.7. The Kier molecular flexibility index (Phi) is 4.20. The van der Waals surface area contributed by atoms with E-state index in [0.717, 1.165) is 24.2 Å². The van der Waals surface area contributed by atoms with E-state index in [1.54, 1.807) is 28.0 Å². The fourth-order valence-electron chi connectivity index (χ4n) is 2.77. The molecule has 0 N–H and O–H groups in total. The number of hydrogen-bond acceptors (Lipinski definition) is 5. The molecule has 0 saturated carbocycles. The number of thiophene rings is 1. The van der Waals surface area contributed by atoms with Crippen LogP contribution in [0.15, 0.2) is 40.1 Å². The highest BCUT2D eigenvalue weighted by Gasteiger charge is 2.36. The second kappa shape index (κ2) is 5.98. The van der Waals surface area contributed by atoms with Gasteiger partial charge in [-0.05, 0) is 42.0 Å². The smallest absolute Gasteiger partial charge is 0.253 e. The maximum absolute atomic E-state index is 12.8. The number of anilines is 1. The first kappa shape index (κ1) is 15.5. The number of aromatic nitrogens is 1. The molecule has 7 heteroatoms. The fraction of sp³-hybridized carbons (Fsp3) is 0.400. The Balaban J connectivity index is 1.96. The second-order valence-corrected chi connectivity index (χ2v) is 8.61. The number of hydrogen-bond donors (Lipinski definition) is 0. The van der Waals surface area contributed by atoms with Gasteiger partial charge in [-0.25, -0.2) is 13.4 Å². The molecule has 0 aromatic carbocycles. The van der Waals surface area contributed by atoms with E-state index in [-0.39, 0.29) is 6.04 Å². The van der Waals surface area contributed by atoms with Crippen LogP contribution in [0.2, 0.25) is 0 Å². The molecule has 0 unspecified atom stereocenters. The van der Waals surface area contributed by atoms with Crippen molar-refractivity contribution in [2.24, 2.45) is 0 Å². The minimum Gasteiger partial charge on any atom is -0.363 e. The van der Waals surface area contributed by atoms with Crippen molar-refractivity contribution >= 4 is 27.2 Å². The predicted molar refractivity (Wildman–Crippen MR) is 88.7 cm³/mol. The van der Waals surface area contributed by atoms with Crippen LogP contribution in [0.3, 0.4) is 0 Å². The normalized spacial score (nSPS) is 19.5. The third-order valence-corrected chi connectivity index (χ3v) is 7.16. The molecule has 1 aliphatic rings. The zero-order valence-corrected chi connectivity index (χ0v) is 14.3. The molecule has 1 aliphatic heterocycles. The van der Waals surface area contributed by atoms with Crippen LogP contribution < -0.4 is 4.90 Å². The van der Waals surface area contributed by atoms with Gasteiger partial charge >= 0.3 is 0 Å². The molecule has 0 aliphatic carbocycles. The molecule has 2 aromatic heterocycles. The van der Waals surface area contributed by atoms with Crippen LogP contribution in [0.25, 0.3) is 0 Å². The zero-order valence-electron chi connectivity index (χ0n) is 12.6. The van der Waals surface area contributed by atoms with E-state index in [1.165, 1.54) is 11.3 Å². The van der Waals surface area contributed by atoms with Crippen molar-refractivity contribution in [3.05, 3.63) is 41.4 Å².